The van der Waals surface area contributed by atoms with Crippen LogP contribution in [-0.2, 0) is 33.1 Å². The summed E-state index contributed by atoms with van der Waals surface area (Å²) in [5.41, 5.74) is 2.91. The first-order valence-corrected chi connectivity index (χ1v) is 12.2. The summed E-state index contributed by atoms with van der Waals surface area (Å²) >= 11 is 0. The number of aryl methyl sites for hydroxylation is 2. The number of aromatic nitrogens is 1. The molecule has 0 unspecified atom stereocenters. The molecule has 0 spiro atoms. The van der Waals surface area contributed by atoms with Crippen molar-refractivity contribution in [3.05, 3.63) is 89.2 Å². The van der Waals surface area contributed by atoms with Gasteiger partial charge in [0.1, 0.15) is 0 Å². The van der Waals surface area contributed by atoms with Gasteiger partial charge in [-0.3, -0.25) is 4.98 Å². The quantitative estimate of drug-likeness (QED) is 0.555. The van der Waals surface area contributed by atoms with E-state index in [9.17, 15) is 16.8 Å². The monoisotopic (exact) mass is 445 g/mol. The van der Waals surface area contributed by atoms with Crippen molar-refractivity contribution in [3.63, 3.8) is 0 Å². The molecule has 0 saturated carbocycles. The Hall–Kier alpha value is -2.59. The summed E-state index contributed by atoms with van der Waals surface area (Å²) in [4.78, 5) is 4.69. The third-order valence-corrected chi connectivity index (χ3v) is 7.25. The highest BCUT2D eigenvalue weighted by Gasteiger charge is 2.15. The molecular formula is C21H23N3O4S2. The summed E-state index contributed by atoms with van der Waals surface area (Å²) in [5.74, 6) is 0. The Morgan fingerprint density at radius 3 is 1.37 bits per heavy atom. The number of sulfonamides is 2. The molecule has 158 valence electrons. The first-order valence-electron chi connectivity index (χ1n) is 9.23. The van der Waals surface area contributed by atoms with Crippen molar-refractivity contribution < 1.29 is 16.8 Å². The number of rotatable bonds is 8. The smallest absolute Gasteiger partial charge is 0.240 e. The number of pyridine rings is 1. The van der Waals surface area contributed by atoms with Gasteiger partial charge in [0.15, 0.2) is 0 Å². The zero-order chi connectivity index (χ0) is 21.8. The van der Waals surface area contributed by atoms with Gasteiger partial charge >= 0.3 is 0 Å². The molecule has 30 heavy (non-hydrogen) atoms. The molecule has 0 atom stereocenters. The van der Waals surface area contributed by atoms with Crippen molar-refractivity contribution in [1.82, 2.24) is 14.4 Å². The van der Waals surface area contributed by atoms with Crippen LogP contribution >= 0.6 is 0 Å². The highest BCUT2D eigenvalue weighted by molar-refractivity contribution is 7.89. The van der Waals surface area contributed by atoms with Crippen molar-refractivity contribution in [3.8, 4) is 0 Å². The van der Waals surface area contributed by atoms with Crippen LogP contribution in [0.5, 0.6) is 0 Å². The Bertz CT molecular complexity index is 1130. The molecule has 2 N–H and O–H groups in total. The SMILES string of the molecule is Cc1ccc(S(=O)(=O)NCc2cccc(CNS(=O)(=O)c3ccc(C)cc3)n2)cc1. The molecule has 0 bridgehead atoms. The van der Waals surface area contributed by atoms with Gasteiger partial charge in [-0.15, -0.1) is 0 Å². The van der Waals surface area contributed by atoms with E-state index in [-0.39, 0.29) is 22.9 Å². The summed E-state index contributed by atoms with van der Waals surface area (Å²) < 4.78 is 54.7. The molecule has 3 aromatic rings. The molecule has 0 amide bonds. The zero-order valence-corrected chi connectivity index (χ0v) is 18.3. The fourth-order valence-corrected chi connectivity index (χ4v) is 4.66. The summed E-state index contributed by atoms with van der Waals surface area (Å²) in [7, 11) is -7.33. The highest BCUT2D eigenvalue weighted by Crippen LogP contribution is 2.12. The van der Waals surface area contributed by atoms with Crippen LogP contribution in [0.3, 0.4) is 0 Å². The van der Waals surface area contributed by atoms with Gasteiger partial charge in [0.2, 0.25) is 20.0 Å². The van der Waals surface area contributed by atoms with Crippen molar-refractivity contribution in [2.45, 2.75) is 36.7 Å². The van der Waals surface area contributed by atoms with Gasteiger partial charge in [-0.1, -0.05) is 41.5 Å². The van der Waals surface area contributed by atoms with Crippen LogP contribution < -0.4 is 9.44 Å². The van der Waals surface area contributed by atoms with Gasteiger partial charge < -0.3 is 0 Å². The van der Waals surface area contributed by atoms with Gasteiger partial charge in [-0.2, -0.15) is 0 Å². The second kappa shape index (κ2) is 9.05. The van der Waals surface area contributed by atoms with E-state index in [4.69, 9.17) is 0 Å². The Balaban J connectivity index is 1.64. The van der Waals surface area contributed by atoms with Gasteiger partial charge in [-0.05, 0) is 50.2 Å². The molecule has 7 nitrogen and oxygen atoms in total. The first kappa shape index (κ1) is 22.1. The van der Waals surface area contributed by atoms with Gasteiger partial charge in [-0.25, -0.2) is 26.3 Å². The lowest BCUT2D eigenvalue weighted by Gasteiger charge is -2.09. The standard InChI is InChI=1S/C21H23N3O4S2/c1-16-6-10-20(11-7-16)29(25,26)22-14-18-4-3-5-19(24-18)15-23-30(27,28)21-12-8-17(2)9-13-21/h3-13,22-23H,14-15H2,1-2H3. The fraction of sp³-hybridized carbons (Fsp3) is 0.190. The van der Waals surface area contributed by atoms with E-state index >= 15 is 0 Å². The molecule has 1 heterocycles. The van der Waals surface area contributed by atoms with Crippen LogP contribution in [0.15, 0.2) is 76.5 Å². The Labute approximate surface area is 177 Å². The van der Waals surface area contributed by atoms with Crippen molar-refractivity contribution in [1.29, 1.82) is 0 Å². The summed E-state index contributed by atoms with van der Waals surface area (Å²) in [5, 5.41) is 0. The van der Waals surface area contributed by atoms with Crippen molar-refractivity contribution in [2.75, 3.05) is 0 Å². The molecule has 3 rings (SSSR count). The minimum Gasteiger partial charge on any atom is -0.255 e. The minimum atomic E-state index is -3.66. The van der Waals surface area contributed by atoms with Gasteiger partial charge in [0.05, 0.1) is 34.3 Å². The number of hydrogen-bond donors (Lipinski definition) is 2. The molecule has 0 aliphatic carbocycles. The van der Waals surface area contributed by atoms with Crippen LogP contribution in [0.25, 0.3) is 0 Å². The maximum atomic E-state index is 12.4. The summed E-state index contributed by atoms with van der Waals surface area (Å²) in [6, 6.07) is 18.1. The summed E-state index contributed by atoms with van der Waals surface area (Å²) in [6.45, 7) is 3.75. The number of hydrogen-bond acceptors (Lipinski definition) is 5. The van der Waals surface area contributed by atoms with E-state index < -0.39 is 20.0 Å². The summed E-state index contributed by atoms with van der Waals surface area (Å²) in [6.07, 6.45) is 0. The minimum absolute atomic E-state index is 0.00520. The van der Waals surface area contributed by atoms with E-state index in [0.29, 0.717) is 11.4 Å². The van der Waals surface area contributed by atoms with Gasteiger partial charge in [0, 0.05) is 0 Å². The largest absolute Gasteiger partial charge is 0.255 e. The highest BCUT2D eigenvalue weighted by atomic mass is 32.2. The van der Waals surface area contributed by atoms with Crippen molar-refractivity contribution in [2.24, 2.45) is 0 Å². The normalized spacial score (nSPS) is 12.1. The number of nitrogens with zero attached hydrogens (tertiary/aromatic N) is 1. The lowest BCUT2D eigenvalue weighted by Crippen LogP contribution is -2.25. The van der Waals surface area contributed by atoms with Crippen LogP contribution in [-0.4, -0.2) is 21.8 Å². The molecule has 0 aliphatic heterocycles. The predicted octanol–water partition coefficient (Wildman–Crippen LogP) is 2.66. The van der Waals surface area contributed by atoms with Gasteiger partial charge in [0.25, 0.3) is 0 Å². The zero-order valence-electron chi connectivity index (χ0n) is 16.7. The predicted molar refractivity (Wildman–Crippen MR) is 115 cm³/mol. The molecule has 9 heteroatoms. The fourth-order valence-electron chi connectivity index (χ4n) is 2.67. The van der Waals surface area contributed by atoms with E-state index in [1.807, 2.05) is 13.8 Å². The molecule has 0 saturated heterocycles. The van der Waals surface area contributed by atoms with E-state index in [1.165, 1.54) is 0 Å². The average Bonchev–Trinajstić information content (AvgIpc) is 2.72. The third-order valence-electron chi connectivity index (χ3n) is 4.41. The molecular weight excluding hydrogens is 422 g/mol. The topological polar surface area (TPSA) is 105 Å². The third kappa shape index (κ3) is 5.73. The van der Waals surface area contributed by atoms with Crippen molar-refractivity contribution >= 4 is 20.0 Å². The second-order valence-corrected chi connectivity index (χ2v) is 10.4. The van der Waals surface area contributed by atoms with Crippen LogP contribution in [0.1, 0.15) is 22.5 Å². The first-order chi connectivity index (χ1) is 14.2. The van der Waals surface area contributed by atoms with Crippen LogP contribution in [0.2, 0.25) is 0 Å². The van der Waals surface area contributed by atoms with E-state index in [0.717, 1.165) is 11.1 Å². The van der Waals surface area contributed by atoms with E-state index in [1.54, 1.807) is 66.7 Å². The Morgan fingerprint density at radius 2 is 1.00 bits per heavy atom. The number of benzene rings is 2. The molecule has 0 aliphatic rings. The lowest BCUT2D eigenvalue weighted by atomic mass is 10.2. The maximum Gasteiger partial charge on any atom is 0.240 e. The van der Waals surface area contributed by atoms with Crippen LogP contribution in [0.4, 0.5) is 0 Å². The maximum absolute atomic E-state index is 12.4. The lowest BCUT2D eigenvalue weighted by molar-refractivity contribution is 0.580. The van der Waals surface area contributed by atoms with E-state index in [2.05, 4.69) is 14.4 Å². The molecule has 2 aromatic carbocycles. The average molecular weight is 446 g/mol. The Kier molecular flexibility index (Phi) is 6.67. The Morgan fingerprint density at radius 1 is 0.633 bits per heavy atom. The molecule has 0 fully saturated rings. The number of nitrogens with one attached hydrogen (secondary N) is 2. The molecule has 1 aromatic heterocycles. The van der Waals surface area contributed by atoms with Crippen LogP contribution in [0, 0.1) is 13.8 Å². The molecule has 0 radical (unpaired) electrons. The second-order valence-electron chi connectivity index (χ2n) is 6.90.